The van der Waals surface area contributed by atoms with Crippen molar-refractivity contribution in [3.05, 3.63) is 59.9 Å². The summed E-state index contributed by atoms with van der Waals surface area (Å²) in [7, 11) is -0.855. The Kier molecular flexibility index (Phi) is 6.72. The molecule has 0 radical (unpaired) electrons. The van der Waals surface area contributed by atoms with Gasteiger partial charge in [0.05, 0.1) is 12.1 Å². The Hall–Kier alpha value is -2.49. The molecular weight excluding hydrogens is 469 g/mol. The van der Waals surface area contributed by atoms with E-state index in [0.717, 1.165) is 22.7 Å². The molecule has 35 heavy (non-hydrogen) atoms. The lowest BCUT2D eigenvalue weighted by molar-refractivity contribution is 0.0213. The maximum absolute atomic E-state index is 15.7. The summed E-state index contributed by atoms with van der Waals surface area (Å²) in [6.07, 6.45) is 1.22. The third-order valence-electron chi connectivity index (χ3n) is 6.80. The molecule has 1 N–H and O–H groups in total. The lowest BCUT2D eigenvalue weighted by Crippen LogP contribution is -2.52. The second kappa shape index (κ2) is 9.19. The van der Waals surface area contributed by atoms with Gasteiger partial charge in [-0.15, -0.1) is 0 Å². The van der Waals surface area contributed by atoms with Gasteiger partial charge in [-0.3, -0.25) is 0 Å². The summed E-state index contributed by atoms with van der Waals surface area (Å²) in [5, 5.41) is 0. The van der Waals surface area contributed by atoms with Gasteiger partial charge in [-0.25, -0.2) is 9.18 Å². The van der Waals surface area contributed by atoms with Gasteiger partial charge in [-0.2, -0.15) is 17.4 Å². The van der Waals surface area contributed by atoms with Crippen molar-refractivity contribution in [2.75, 3.05) is 20.6 Å². The van der Waals surface area contributed by atoms with Gasteiger partial charge in [0.1, 0.15) is 11.4 Å². The van der Waals surface area contributed by atoms with E-state index in [-0.39, 0.29) is 17.7 Å². The number of halogens is 1. The zero-order valence-corrected chi connectivity index (χ0v) is 21.7. The van der Waals surface area contributed by atoms with Crippen molar-refractivity contribution in [3.63, 3.8) is 0 Å². The van der Waals surface area contributed by atoms with Gasteiger partial charge in [0.25, 0.3) is 10.2 Å². The molecule has 1 saturated heterocycles. The number of nitrogens with one attached hydrogen (secondary N) is 1. The zero-order chi connectivity index (χ0) is 25.6. The van der Waals surface area contributed by atoms with Crippen LogP contribution in [0.1, 0.15) is 39.2 Å². The maximum atomic E-state index is 15.7. The molecule has 0 bridgehead atoms. The lowest BCUT2D eigenvalue weighted by Gasteiger charge is -2.31. The fourth-order valence-electron chi connectivity index (χ4n) is 4.79. The molecule has 2 fully saturated rings. The fourth-order valence-corrected chi connectivity index (χ4v) is 5.73. The molecule has 1 aliphatic heterocycles. The first-order valence-electron chi connectivity index (χ1n) is 11.9. The van der Waals surface area contributed by atoms with Crippen LogP contribution in [0, 0.1) is 11.2 Å². The van der Waals surface area contributed by atoms with Crippen molar-refractivity contribution in [1.82, 2.24) is 13.9 Å². The number of benzene rings is 2. The number of amides is 1. The van der Waals surface area contributed by atoms with E-state index in [2.05, 4.69) is 4.72 Å². The molecule has 2 atom stereocenters. The van der Waals surface area contributed by atoms with Crippen LogP contribution in [0.2, 0.25) is 0 Å². The second-order valence-electron chi connectivity index (χ2n) is 10.8. The van der Waals surface area contributed by atoms with Crippen LogP contribution in [0.15, 0.2) is 48.5 Å². The number of carbonyl (C=O) groups excluding carboxylic acids is 1. The second-order valence-corrected chi connectivity index (χ2v) is 12.7. The van der Waals surface area contributed by atoms with Crippen molar-refractivity contribution in [3.8, 4) is 11.1 Å². The van der Waals surface area contributed by atoms with E-state index in [1.165, 1.54) is 14.1 Å². The quantitative estimate of drug-likeness (QED) is 0.641. The summed E-state index contributed by atoms with van der Waals surface area (Å²) in [4.78, 5) is 14.8. The minimum atomic E-state index is -3.77. The normalized spacial score (nSPS) is 21.5. The molecule has 1 spiro atoms. The molecule has 9 heteroatoms. The minimum Gasteiger partial charge on any atom is -0.444 e. The third kappa shape index (κ3) is 5.37. The standard InChI is InChI=1S/C26H34FN3O4S/c1-25(2,3)34-24(31)30-17-26(14-15-26)23(28-35(32,33)29(4)5)21(30)16-19-12-9-13-20(22(19)27)18-10-7-6-8-11-18/h6-13,21,23,28H,14-17H2,1-5H3/t21-,23+/m0/s1. The number of likely N-dealkylation sites (tertiary alicyclic amines) is 1. The summed E-state index contributed by atoms with van der Waals surface area (Å²) in [6, 6.07) is 13.3. The highest BCUT2D eigenvalue weighted by atomic mass is 32.2. The number of ether oxygens (including phenoxy) is 1. The fraction of sp³-hybridized carbons (Fsp3) is 0.500. The van der Waals surface area contributed by atoms with Crippen LogP contribution in [0.5, 0.6) is 0 Å². The molecule has 2 aromatic carbocycles. The largest absolute Gasteiger partial charge is 0.444 e. The van der Waals surface area contributed by atoms with Crippen molar-refractivity contribution in [2.24, 2.45) is 5.41 Å². The average molecular weight is 504 g/mol. The lowest BCUT2D eigenvalue weighted by atomic mass is 9.91. The molecule has 0 aromatic heterocycles. The van der Waals surface area contributed by atoms with Crippen LogP contribution >= 0.6 is 0 Å². The Bertz CT molecular complexity index is 1190. The molecule has 2 aliphatic rings. The van der Waals surface area contributed by atoms with E-state index >= 15 is 4.39 Å². The van der Waals surface area contributed by atoms with E-state index in [4.69, 9.17) is 4.74 Å². The van der Waals surface area contributed by atoms with Gasteiger partial charge in [-0.05, 0) is 51.2 Å². The first-order valence-corrected chi connectivity index (χ1v) is 13.3. The summed E-state index contributed by atoms with van der Waals surface area (Å²) >= 11 is 0. The van der Waals surface area contributed by atoms with Crippen LogP contribution in [0.25, 0.3) is 11.1 Å². The topological polar surface area (TPSA) is 79.0 Å². The summed E-state index contributed by atoms with van der Waals surface area (Å²) < 4.78 is 51.0. The zero-order valence-electron chi connectivity index (χ0n) is 20.9. The number of hydrogen-bond donors (Lipinski definition) is 1. The van der Waals surface area contributed by atoms with Crippen LogP contribution in [0.3, 0.4) is 0 Å². The van der Waals surface area contributed by atoms with E-state index < -0.39 is 34.0 Å². The van der Waals surface area contributed by atoms with Crippen molar-refractivity contribution >= 4 is 16.3 Å². The number of hydrogen-bond acceptors (Lipinski definition) is 4. The number of rotatable bonds is 6. The van der Waals surface area contributed by atoms with E-state index in [0.29, 0.717) is 17.7 Å². The van der Waals surface area contributed by atoms with Gasteiger partial charge in [0.15, 0.2) is 0 Å². The highest BCUT2D eigenvalue weighted by molar-refractivity contribution is 7.87. The highest BCUT2D eigenvalue weighted by Gasteiger charge is 2.62. The van der Waals surface area contributed by atoms with E-state index in [1.807, 2.05) is 30.3 Å². The van der Waals surface area contributed by atoms with Gasteiger partial charge in [-0.1, -0.05) is 48.5 Å². The molecule has 1 heterocycles. The highest BCUT2D eigenvalue weighted by Crippen LogP contribution is 2.56. The van der Waals surface area contributed by atoms with Gasteiger partial charge >= 0.3 is 6.09 Å². The molecule has 1 saturated carbocycles. The summed E-state index contributed by atoms with van der Waals surface area (Å²) in [6.45, 7) is 5.74. The molecular formula is C26H34FN3O4S. The molecule has 0 unspecified atom stereocenters. The van der Waals surface area contributed by atoms with Gasteiger partial charge in [0.2, 0.25) is 0 Å². The molecule has 7 nitrogen and oxygen atoms in total. The Morgan fingerprint density at radius 1 is 1.14 bits per heavy atom. The average Bonchev–Trinajstić information content (AvgIpc) is 3.49. The van der Waals surface area contributed by atoms with Crippen molar-refractivity contribution in [2.45, 2.75) is 57.7 Å². The van der Waals surface area contributed by atoms with Gasteiger partial charge in [0, 0.05) is 31.6 Å². The monoisotopic (exact) mass is 503 g/mol. The van der Waals surface area contributed by atoms with Crippen LogP contribution in [0.4, 0.5) is 9.18 Å². The molecule has 1 aliphatic carbocycles. The Labute approximate surface area is 207 Å². The summed E-state index contributed by atoms with van der Waals surface area (Å²) in [5.41, 5.74) is 0.565. The number of nitrogens with zero attached hydrogens (tertiary/aromatic N) is 2. The maximum Gasteiger partial charge on any atom is 0.410 e. The van der Waals surface area contributed by atoms with Crippen molar-refractivity contribution < 1.29 is 22.3 Å². The van der Waals surface area contributed by atoms with Crippen LogP contribution in [-0.2, 0) is 21.4 Å². The molecule has 2 aromatic rings. The Morgan fingerprint density at radius 2 is 1.80 bits per heavy atom. The Balaban J connectivity index is 1.72. The molecule has 4 rings (SSSR count). The van der Waals surface area contributed by atoms with E-state index in [9.17, 15) is 13.2 Å². The number of carbonyl (C=O) groups is 1. The smallest absolute Gasteiger partial charge is 0.410 e. The predicted octanol–water partition coefficient (Wildman–Crippen LogP) is 4.20. The van der Waals surface area contributed by atoms with Crippen LogP contribution in [-0.4, -0.2) is 62.0 Å². The van der Waals surface area contributed by atoms with E-state index in [1.54, 1.807) is 43.9 Å². The summed E-state index contributed by atoms with van der Waals surface area (Å²) in [5.74, 6) is -0.367. The Morgan fingerprint density at radius 3 is 2.37 bits per heavy atom. The van der Waals surface area contributed by atoms with Crippen LogP contribution < -0.4 is 4.72 Å². The molecule has 190 valence electrons. The molecule has 1 amide bonds. The predicted molar refractivity (Wildman–Crippen MR) is 133 cm³/mol. The first-order chi connectivity index (χ1) is 16.3. The SMILES string of the molecule is CN(C)S(=O)(=O)N[C@@H]1[C@H](Cc2cccc(-c3ccccc3)c2F)N(C(=O)OC(C)(C)C)CC12CC2. The first kappa shape index (κ1) is 25.6. The van der Waals surface area contributed by atoms with Crippen molar-refractivity contribution in [1.29, 1.82) is 0 Å². The third-order valence-corrected chi connectivity index (χ3v) is 8.31. The van der Waals surface area contributed by atoms with Gasteiger partial charge < -0.3 is 9.64 Å². The minimum absolute atomic E-state index is 0.161.